The summed E-state index contributed by atoms with van der Waals surface area (Å²) in [6.07, 6.45) is 5.10. The van der Waals surface area contributed by atoms with E-state index in [9.17, 15) is 22.4 Å². The third-order valence-electron chi connectivity index (χ3n) is 8.78. The molecule has 0 spiro atoms. The normalized spacial score (nSPS) is 19.0. The fourth-order valence-corrected chi connectivity index (χ4v) is 6.88. The minimum Gasteiger partial charge on any atom is -0.346 e. The van der Waals surface area contributed by atoms with Crippen molar-refractivity contribution in [3.8, 4) is 11.1 Å². The molecule has 1 saturated carbocycles. The number of hydrogen-bond donors (Lipinski definition) is 1. The zero-order valence-electron chi connectivity index (χ0n) is 23.4. The van der Waals surface area contributed by atoms with Crippen LogP contribution in [0.5, 0.6) is 0 Å². The Bertz CT molecular complexity index is 1860. The second-order valence-corrected chi connectivity index (χ2v) is 11.9. The van der Waals surface area contributed by atoms with E-state index in [0.717, 1.165) is 23.7 Å². The fraction of sp³-hybridized carbons (Fsp3) is 0.312. The number of carbonyl (C=O) groups excluding carboxylic acids is 1. The molecule has 1 N–H and O–H groups in total. The van der Waals surface area contributed by atoms with Crippen LogP contribution in [0.1, 0.15) is 66.9 Å². The molecule has 2 unspecified atom stereocenters. The minimum absolute atomic E-state index is 0.0346. The van der Waals surface area contributed by atoms with Gasteiger partial charge < -0.3 is 9.72 Å². The zero-order valence-corrected chi connectivity index (χ0v) is 23.4. The second kappa shape index (κ2) is 10.0. The van der Waals surface area contributed by atoms with Gasteiger partial charge in [0, 0.05) is 58.7 Å². The maximum Gasteiger partial charge on any atom is 0.282 e. The van der Waals surface area contributed by atoms with Gasteiger partial charge in [-0.25, -0.2) is 22.5 Å². The van der Waals surface area contributed by atoms with Crippen molar-refractivity contribution in [1.82, 2.24) is 29.5 Å². The highest BCUT2D eigenvalue weighted by molar-refractivity contribution is 5.77. The van der Waals surface area contributed by atoms with E-state index in [1.807, 2.05) is 48.8 Å². The number of fused-ring (bicyclic) bond motifs is 4. The van der Waals surface area contributed by atoms with Crippen molar-refractivity contribution in [2.24, 2.45) is 5.92 Å². The number of hydrogen-bond acceptors (Lipinski definition) is 4. The Balaban J connectivity index is 1.25. The molecule has 7 rings (SSSR count). The maximum absolute atomic E-state index is 14.2. The van der Waals surface area contributed by atoms with Crippen molar-refractivity contribution in [3.05, 3.63) is 107 Å². The highest BCUT2D eigenvalue weighted by Crippen LogP contribution is 2.66. The zero-order chi connectivity index (χ0) is 30.0. The van der Waals surface area contributed by atoms with Gasteiger partial charge in [0.25, 0.3) is 6.43 Å². The van der Waals surface area contributed by atoms with Gasteiger partial charge in [0.05, 0.1) is 11.7 Å². The second-order valence-electron chi connectivity index (χ2n) is 11.9. The van der Waals surface area contributed by atoms with Crippen LogP contribution in [0.25, 0.3) is 16.8 Å². The van der Waals surface area contributed by atoms with E-state index in [4.69, 9.17) is 0 Å². The molecule has 220 valence electrons. The molecular formula is C32H28F4N6O. The number of pyridine rings is 2. The SMILES string of the molecule is CC1(C)c2c(c(C(F)F)nn2CC(=O)N[C@@H](Cc2cc(F)cc(F)c2)c2ncccc2-c2ccc3nccn3c2)C2CC21. The standard InChI is InChI=1S/C32H28F4N6O/c1-32(2)23-14-22(23)27-29(31(35)36)40-42(30(27)32)16-26(43)39-24(12-17-10-19(33)13-20(34)11-17)28-21(4-3-7-38-28)18-5-6-25-37-8-9-41(25)15-18/h3-11,13,15,22-24,31H,12,14,16H2,1-2H3,(H,39,43)/t22?,23?,24-/m0/s1. The van der Waals surface area contributed by atoms with Crippen molar-refractivity contribution >= 4 is 11.6 Å². The van der Waals surface area contributed by atoms with Gasteiger partial charge in [0.1, 0.15) is 29.5 Å². The number of alkyl halides is 2. The summed E-state index contributed by atoms with van der Waals surface area (Å²) in [5.74, 6) is -1.65. The highest BCUT2D eigenvalue weighted by atomic mass is 19.3. The number of halogens is 4. The van der Waals surface area contributed by atoms with Crippen LogP contribution < -0.4 is 5.32 Å². The van der Waals surface area contributed by atoms with E-state index in [1.54, 1.807) is 18.5 Å². The largest absolute Gasteiger partial charge is 0.346 e. The lowest BCUT2D eigenvalue weighted by Crippen LogP contribution is -2.35. The highest BCUT2D eigenvalue weighted by Gasteiger charge is 2.60. The molecule has 11 heteroatoms. The Labute approximate surface area is 244 Å². The molecule has 1 aromatic carbocycles. The predicted octanol–water partition coefficient (Wildman–Crippen LogP) is 6.30. The van der Waals surface area contributed by atoms with Gasteiger partial charge in [0.15, 0.2) is 0 Å². The average Bonchev–Trinajstić information content (AvgIpc) is 3.36. The predicted molar refractivity (Wildman–Crippen MR) is 150 cm³/mol. The van der Waals surface area contributed by atoms with Gasteiger partial charge in [-0.2, -0.15) is 5.10 Å². The number of nitrogens with one attached hydrogen (secondary N) is 1. The van der Waals surface area contributed by atoms with E-state index in [1.165, 1.54) is 16.8 Å². The van der Waals surface area contributed by atoms with Crippen LogP contribution in [-0.4, -0.2) is 30.1 Å². The van der Waals surface area contributed by atoms with E-state index in [-0.39, 0.29) is 35.9 Å². The molecule has 2 aliphatic rings. The number of benzene rings is 1. The van der Waals surface area contributed by atoms with Crippen LogP contribution >= 0.6 is 0 Å². The van der Waals surface area contributed by atoms with E-state index in [0.29, 0.717) is 28.1 Å². The summed E-state index contributed by atoms with van der Waals surface area (Å²) < 4.78 is 59.6. The summed E-state index contributed by atoms with van der Waals surface area (Å²) in [7, 11) is 0. The number of carbonyl (C=O) groups is 1. The van der Waals surface area contributed by atoms with Gasteiger partial charge in [-0.05, 0) is 60.6 Å². The lowest BCUT2D eigenvalue weighted by atomic mass is 9.86. The first-order chi connectivity index (χ1) is 20.6. The van der Waals surface area contributed by atoms with Crippen LogP contribution in [0.4, 0.5) is 17.6 Å². The molecular weight excluding hydrogens is 560 g/mol. The van der Waals surface area contributed by atoms with Crippen LogP contribution in [0.2, 0.25) is 0 Å². The summed E-state index contributed by atoms with van der Waals surface area (Å²) in [6, 6.07) is 9.78. The van der Waals surface area contributed by atoms with Crippen molar-refractivity contribution in [3.63, 3.8) is 0 Å². The van der Waals surface area contributed by atoms with Crippen molar-refractivity contribution in [2.45, 2.75) is 57.0 Å². The van der Waals surface area contributed by atoms with Gasteiger partial charge in [-0.1, -0.05) is 19.9 Å². The molecule has 0 bridgehead atoms. The maximum atomic E-state index is 14.2. The summed E-state index contributed by atoms with van der Waals surface area (Å²) >= 11 is 0. The van der Waals surface area contributed by atoms with Crippen LogP contribution in [0, 0.1) is 17.6 Å². The number of imidazole rings is 1. The summed E-state index contributed by atoms with van der Waals surface area (Å²) in [5, 5.41) is 7.18. The van der Waals surface area contributed by atoms with Crippen LogP contribution in [0.3, 0.4) is 0 Å². The molecule has 0 aliphatic heterocycles. The van der Waals surface area contributed by atoms with Gasteiger partial charge in [-0.3, -0.25) is 14.5 Å². The number of aromatic nitrogens is 5. The smallest absolute Gasteiger partial charge is 0.282 e. The third kappa shape index (κ3) is 4.76. The first-order valence-corrected chi connectivity index (χ1v) is 14.1. The molecule has 4 aromatic heterocycles. The molecule has 4 heterocycles. The van der Waals surface area contributed by atoms with E-state index in [2.05, 4.69) is 20.4 Å². The van der Waals surface area contributed by atoms with Crippen LogP contribution in [0.15, 0.2) is 67.3 Å². The van der Waals surface area contributed by atoms with E-state index >= 15 is 0 Å². The lowest BCUT2D eigenvalue weighted by molar-refractivity contribution is -0.122. The first kappa shape index (κ1) is 27.3. The number of rotatable bonds is 8. The van der Waals surface area contributed by atoms with Crippen molar-refractivity contribution in [2.75, 3.05) is 0 Å². The quantitative estimate of drug-likeness (QED) is 0.216. The van der Waals surface area contributed by atoms with Crippen molar-refractivity contribution < 1.29 is 22.4 Å². The molecule has 1 fully saturated rings. The molecule has 2 aliphatic carbocycles. The topological polar surface area (TPSA) is 77.1 Å². The monoisotopic (exact) mass is 588 g/mol. The molecule has 43 heavy (non-hydrogen) atoms. The molecule has 1 amide bonds. The van der Waals surface area contributed by atoms with Crippen LogP contribution in [-0.2, 0) is 23.2 Å². The Morgan fingerprint density at radius 1 is 1.07 bits per heavy atom. The van der Waals surface area contributed by atoms with Crippen molar-refractivity contribution in [1.29, 1.82) is 0 Å². The fourth-order valence-electron chi connectivity index (χ4n) is 6.88. The minimum atomic E-state index is -2.74. The Kier molecular flexibility index (Phi) is 6.37. The Morgan fingerprint density at radius 2 is 1.86 bits per heavy atom. The summed E-state index contributed by atoms with van der Waals surface area (Å²) in [5.41, 5.74) is 3.68. The van der Waals surface area contributed by atoms with Gasteiger partial charge >= 0.3 is 0 Å². The molecule has 3 atom stereocenters. The number of amides is 1. The molecule has 0 radical (unpaired) electrons. The molecule has 0 saturated heterocycles. The summed E-state index contributed by atoms with van der Waals surface area (Å²) in [4.78, 5) is 22.5. The molecule has 7 nitrogen and oxygen atoms in total. The number of nitrogens with zero attached hydrogens (tertiary/aromatic N) is 5. The Morgan fingerprint density at radius 3 is 2.63 bits per heavy atom. The van der Waals surface area contributed by atoms with E-state index < -0.39 is 30.0 Å². The average molecular weight is 589 g/mol. The summed E-state index contributed by atoms with van der Waals surface area (Å²) in [6.45, 7) is 3.73. The Hall–Kier alpha value is -4.54. The van der Waals surface area contributed by atoms with Gasteiger partial charge in [0.2, 0.25) is 5.91 Å². The van der Waals surface area contributed by atoms with Gasteiger partial charge in [-0.15, -0.1) is 0 Å². The first-order valence-electron chi connectivity index (χ1n) is 14.1. The lowest BCUT2D eigenvalue weighted by Gasteiger charge is -2.24. The third-order valence-corrected chi connectivity index (χ3v) is 8.78. The molecule has 5 aromatic rings.